The number of benzene rings is 1. The second-order valence-corrected chi connectivity index (χ2v) is 5.00. The Bertz CT molecular complexity index is 844. The summed E-state index contributed by atoms with van der Waals surface area (Å²) in [6.07, 6.45) is -1.62. The number of aromatic nitrogens is 1. The van der Waals surface area contributed by atoms with E-state index < -0.39 is 23.2 Å². The number of carbonyl (C=O) groups is 1. The molecule has 0 saturated carbocycles. The first-order valence-corrected chi connectivity index (χ1v) is 7.34. The number of carbonyl (C=O) groups excluding carboxylic acids is 1. The Balaban J connectivity index is 1.83. The largest absolute Gasteiger partial charge is 0.417 e. The zero-order valence-electron chi connectivity index (χ0n) is 13.3. The van der Waals surface area contributed by atoms with Crippen LogP contribution in [-0.4, -0.2) is 23.7 Å². The molecule has 6 nitrogen and oxygen atoms in total. The molecule has 1 heterocycles. The van der Waals surface area contributed by atoms with Crippen molar-refractivity contribution in [3.05, 3.63) is 65.0 Å². The predicted molar refractivity (Wildman–Crippen MR) is 86.0 cm³/mol. The van der Waals surface area contributed by atoms with Crippen molar-refractivity contribution in [2.75, 3.05) is 6.54 Å². The minimum atomic E-state index is -4.65. The molecule has 0 aliphatic heterocycles. The zero-order valence-corrected chi connectivity index (χ0v) is 13.3. The lowest BCUT2D eigenvalue weighted by Crippen LogP contribution is -2.28. The Hall–Kier alpha value is -3.41. The highest BCUT2D eigenvalue weighted by Crippen LogP contribution is 2.31. The summed E-state index contributed by atoms with van der Waals surface area (Å²) in [5.74, 6) is -0.918. The molecule has 0 saturated heterocycles. The van der Waals surface area contributed by atoms with Crippen molar-refractivity contribution >= 4 is 12.1 Å². The van der Waals surface area contributed by atoms with E-state index >= 15 is 0 Å². The van der Waals surface area contributed by atoms with Crippen LogP contribution in [0.15, 0.2) is 47.9 Å². The van der Waals surface area contributed by atoms with Gasteiger partial charge in [0.05, 0.1) is 35.5 Å². The highest BCUT2D eigenvalue weighted by atomic mass is 19.4. The van der Waals surface area contributed by atoms with Crippen LogP contribution in [0.3, 0.4) is 0 Å². The second kappa shape index (κ2) is 8.62. The van der Waals surface area contributed by atoms with Crippen LogP contribution in [0, 0.1) is 11.3 Å². The van der Waals surface area contributed by atoms with Gasteiger partial charge in [-0.05, 0) is 23.8 Å². The van der Waals surface area contributed by atoms with Gasteiger partial charge >= 0.3 is 6.18 Å². The number of nitriles is 1. The molecule has 0 radical (unpaired) electrons. The first-order valence-electron chi connectivity index (χ1n) is 7.34. The van der Waals surface area contributed by atoms with Crippen molar-refractivity contribution in [1.29, 1.82) is 5.26 Å². The smallest absolute Gasteiger partial charge is 0.391 e. The van der Waals surface area contributed by atoms with Gasteiger partial charge in [-0.1, -0.05) is 17.3 Å². The van der Waals surface area contributed by atoms with Crippen molar-refractivity contribution in [2.45, 2.75) is 12.8 Å². The van der Waals surface area contributed by atoms with E-state index in [4.69, 9.17) is 10.1 Å². The van der Waals surface area contributed by atoms with Crippen LogP contribution in [-0.2, 0) is 17.6 Å². The van der Waals surface area contributed by atoms with Crippen molar-refractivity contribution in [1.82, 2.24) is 10.3 Å². The Kier molecular flexibility index (Phi) is 6.27. The Labute approximate surface area is 146 Å². The van der Waals surface area contributed by atoms with Gasteiger partial charge in [0.15, 0.2) is 0 Å². The zero-order chi connectivity index (χ0) is 19.0. The number of nitrogens with zero attached hydrogens (tertiary/aromatic N) is 3. The third kappa shape index (κ3) is 5.31. The van der Waals surface area contributed by atoms with Crippen LogP contribution < -0.4 is 5.32 Å². The molecule has 1 aromatic carbocycles. The van der Waals surface area contributed by atoms with E-state index in [2.05, 4.69) is 15.5 Å². The summed E-state index contributed by atoms with van der Waals surface area (Å²) in [5, 5.41) is 14.7. The summed E-state index contributed by atoms with van der Waals surface area (Å²) >= 11 is 0. The molecule has 0 aliphatic rings. The van der Waals surface area contributed by atoms with E-state index in [-0.39, 0.29) is 13.2 Å². The van der Waals surface area contributed by atoms with Gasteiger partial charge in [0.1, 0.15) is 6.61 Å². The standard InChI is InChI=1S/C17H13F3N4O2/c18-17(19,20)15-4-5-22-10-14(15)16(25)23-6-7-24-26-11-13-3-1-2-12(8-13)9-21/h1-5,7-8,10H,6,11H2,(H,23,25). The average Bonchev–Trinajstić information content (AvgIpc) is 2.63. The molecular formula is C17H13F3N4O2. The number of halogens is 3. The third-order valence-corrected chi connectivity index (χ3v) is 3.16. The van der Waals surface area contributed by atoms with Crippen LogP contribution in [0.2, 0.25) is 0 Å². The first kappa shape index (κ1) is 18.9. The lowest BCUT2D eigenvalue weighted by molar-refractivity contribution is -0.138. The molecular weight excluding hydrogens is 349 g/mol. The van der Waals surface area contributed by atoms with E-state index in [1.165, 1.54) is 6.21 Å². The molecule has 1 N–H and O–H groups in total. The van der Waals surface area contributed by atoms with Gasteiger partial charge in [-0.15, -0.1) is 0 Å². The molecule has 2 rings (SSSR count). The van der Waals surface area contributed by atoms with Crippen LogP contribution in [0.4, 0.5) is 13.2 Å². The van der Waals surface area contributed by atoms with Crippen LogP contribution >= 0.6 is 0 Å². The summed E-state index contributed by atoms with van der Waals surface area (Å²) < 4.78 is 38.5. The van der Waals surface area contributed by atoms with Crippen LogP contribution in [0.1, 0.15) is 27.0 Å². The Morgan fingerprint density at radius 1 is 1.38 bits per heavy atom. The molecule has 9 heteroatoms. The van der Waals surface area contributed by atoms with E-state index in [1.807, 2.05) is 6.07 Å². The maximum Gasteiger partial charge on any atom is 0.417 e. The van der Waals surface area contributed by atoms with E-state index in [9.17, 15) is 18.0 Å². The van der Waals surface area contributed by atoms with Gasteiger partial charge in [0.2, 0.25) is 0 Å². The number of hydrogen-bond donors (Lipinski definition) is 1. The van der Waals surface area contributed by atoms with Crippen molar-refractivity contribution in [3.63, 3.8) is 0 Å². The molecule has 26 heavy (non-hydrogen) atoms. The molecule has 2 aromatic rings. The first-order chi connectivity index (χ1) is 12.4. The number of rotatable bonds is 6. The topological polar surface area (TPSA) is 87.4 Å². The number of pyridine rings is 1. The molecule has 0 spiro atoms. The minimum absolute atomic E-state index is 0.112. The van der Waals surface area contributed by atoms with Gasteiger partial charge in [-0.25, -0.2) is 0 Å². The summed E-state index contributed by atoms with van der Waals surface area (Å²) in [6, 6.07) is 9.47. The molecule has 1 amide bonds. The van der Waals surface area contributed by atoms with Crippen molar-refractivity contribution in [3.8, 4) is 6.07 Å². The highest BCUT2D eigenvalue weighted by Gasteiger charge is 2.35. The summed E-state index contributed by atoms with van der Waals surface area (Å²) in [5.41, 5.74) is -0.409. The number of alkyl halides is 3. The molecule has 134 valence electrons. The van der Waals surface area contributed by atoms with Crippen LogP contribution in [0.5, 0.6) is 0 Å². The van der Waals surface area contributed by atoms with E-state index in [1.54, 1.807) is 24.3 Å². The summed E-state index contributed by atoms with van der Waals surface area (Å²) in [6.45, 7) is -0.00987. The predicted octanol–water partition coefficient (Wildman–Crippen LogP) is 2.90. The van der Waals surface area contributed by atoms with E-state index in [0.717, 1.165) is 24.0 Å². The van der Waals surface area contributed by atoms with Gasteiger partial charge in [0, 0.05) is 12.4 Å². The van der Waals surface area contributed by atoms with Gasteiger partial charge in [-0.2, -0.15) is 18.4 Å². The van der Waals surface area contributed by atoms with Gasteiger partial charge in [0.25, 0.3) is 5.91 Å². The molecule has 0 fully saturated rings. The number of oxime groups is 1. The highest BCUT2D eigenvalue weighted by molar-refractivity contribution is 5.96. The fourth-order valence-corrected chi connectivity index (χ4v) is 1.99. The lowest BCUT2D eigenvalue weighted by atomic mass is 10.1. The number of hydrogen-bond acceptors (Lipinski definition) is 5. The normalized spacial score (nSPS) is 11.2. The fraction of sp³-hybridized carbons (Fsp3) is 0.176. The SMILES string of the molecule is N#Cc1cccc(CON=CCNC(=O)c2cnccc2C(F)(F)F)c1. The Morgan fingerprint density at radius 3 is 2.92 bits per heavy atom. The Morgan fingerprint density at radius 2 is 2.19 bits per heavy atom. The molecule has 0 aliphatic carbocycles. The molecule has 0 bridgehead atoms. The van der Waals surface area contributed by atoms with Gasteiger partial charge in [-0.3, -0.25) is 9.78 Å². The average molecular weight is 362 g/mol. The fourth-order valence-electron chi connectivity index (χ4n) is 1.99. The number of amides is 1. The molecule has 1 aromatic heterocycles. The quantitative estimate of drug-likeness (QED) is 0.632. The third-order valence-electron chi connectivity index (χ3n) is 3.16. The monoisotopic (exact) mass is 362 g/mol. The lowest BCUT2D eigenvalue weighted by Gasteiger charge is -2.11. The second-order valence-electron chi connectivity index (χ2n) is 5.00. The summed E-state index contributed by atoms with van der Waals surface area (Å²) in [4.78, 5) is 20.4. The number of nitrogens with one attached hydrogen (secondary N) is 1. The maximum absolute atomic E-state index is 12.8. The van der Waals surface area contributed by atoms with Crippen molar-refractivity contribution < 1.29 is 22.8 Å². The van der Waals surface area contributed by atoms with Gasteiger partial charge < -0.3 is 10.2 Å². The van der Waals surface area contributed by atoms with E-state index in [0.29, 0.717) is 5.56 Å². The maximum atomic E-state index is 12.8. The molecule has 0 unspecified atom stereocenters. The summed E-state index contributed by atoms with van der Waals surface area (Å²) in [7, 11) is 0. The molecule has 0 atom stereocenters. The van der Waals surface area contributed by atoms with Crippen LogP contribution in [0.25, 0.3) is 0 Å². The minimum Gasteiger partial charge on any atom is -0.391 e. The van der Waals surface area contributed by atoms with Crippen molar-refractivity contribution in [2.24, 2.45) is 5.16 Å².